The van der Waals surface area contributed by atoms with Gasteiger partial charge in [0.05, 0.1) is 11.7 Å². The highest BCUT2D eigenvalue weighted by Crippen LogP contribution is 2.30. The van der Waals surface area contributed by atoms with E-state index in [4.69, 9.17) is 4.74 Å². The molecule has 94 valence electrons. The molecule has 1 aliphatic heterocycles. The summed E-state index contributed by atoms with van der Waals surface area (Å²) in [5.74, 6) is -0.343. The zero-order chi connectivity index (χ0) is 12.3. The third-order valence-electron chi connectivity index (χ3n) is 3.43. The Morgan fingerprint density at radius 1 is 1.47 bits per heavy atom. The first-order valence-electron chi connectivity index (χ1n) is 6.18. The van der Waals surface area contributed by atoms with Crippen LogP contribution in [-0.2, 0) is 10.3 Å². The van der Waals surface area contributed by atoms with Crippen LogP contribution >= 0.6 is 0 Å². The summed E-state index contributed by atoms with van der Waals surface area (Å²) in [7, 11) is 0. The molecule has 1 saturated heterocycles. The van der Waals surface area contributed by atoms with Crippen LogP contribution in [0.5, 0.6) is 0 Å². The molecule has 2 nitrogen and oxygen atoms in total. The van der Waals surface area contributed by atoms with Crippen LogP contribution in [0.15, 0.2) is 24.3 Å². The van der Waals surface area contributed by atoms with Gasteiger partial charge >= 0.3 is 0 Å². The molecule has 1 fully saturated rings. The van der Waals surface area contributed by atoms with Crippen molar-refractivity contribution in [3.8, 4) is 0 Å². The number of halogens is 1. The molecule has 2 atom stereocenters. The van der Waals surface area contributed by atoms with Gasteiger partial charge in [0.15, 0.2) is 0 Å². The van der Waals surface area contributed by atoms with E-state index in [2.05, 4.69) is 0 Å². The lowest BCUT2D eigenvalue weighted by molar-refractivity contribution is 0.0194. The predicted molar refractivity (Wildman–Crippen MR) is 64.2 cm³/mol. The lowest BCUT2D eigenvalue weighted by atomic mass is 9.89. The molecule has 0 spiro atoms. The van der Waals surface area contributed by atoms with Gasteiger partial charge in [-0.15, -0.1) is 0 Å². The van der Waals surface area contributed by atoms with Gasteiger partial charge in [-0.3, -0.25) is 0 Å². The molecule has 2 rings (SSSR count). The molecule has 2 unspecified atom stereocenters. The third-order valence-corrected chi connectivity index (χ3v) is 3.43. The Hall–Kier alpha value is -0.930. The van der Waals surface area contributed by atoms with Crippen molar-refractivity contribution < 1.29 is 14.2 Å². The first-order chi connectivity index (χ1) is 8.09. The van der Waals surface area contributed by atoms with E-state index in [0.29, 0.717) is 12.0 Å². The molecule has 0 radical (unpaired) electrons. The van der Waals surface area contributed by atoms with E-state index in [0.717, 1.165) is 25.9 Å². The Bertz CT molecular complexity index is 370. The van der Waals surface area contributed by atoms with Crippen LogP contribution in [0.4, 0.5) is 4.39 Å². The molecule has 1 aromatic carbocycles. The van der Waals surface area contributed by atoms with Crippen molar-refractivity contribution >= 4 is 0 Å². The summed E-state index contributed by atoms with van der Waals surface area (Å²) in [5, 5.41) is 10.3. The molecule has 0 saturated carbocycles. The van der Waals surface area contributed by atoms with Crippen LogP contribution in [0.1, 0.15) is 38.2 Å². The van der Waals surface area contributed by atoms with Gasteiger partial charge in [-0.1, -0.05) is 18.2 Å². The molecular formula is C14H19FO2. The zero-order valence-corrected chi connectivity index (χ0v) is 10.2. The smallest absolute Gasteiger partial charge is 0.129 e. The summed E-state index contributed by atoms with van der Waals surface area (Å²) in [4.78, 5) is 0. The van der Waals surface area contributed by atoms with Crippen LogP contribution < -0.4 is 0 Å². The highest BCUT2D eigenvalue weighted by molar-refractivity contribution is 5.23. The summed E-state index contributed by atoms with van der Waals surface area (Å²) < 4.78 is 19.1. The van der Waals surface area contributed by atoms with Crippen LogP contribution in [0.2, 0.25) is 0 Å². The van der Waals surface area contributed by atoms with Gasteiger partial charge in [-0.05, 0) is 38.7 Å². The minimum Gasteiger partial charge on any atom is -0.385 e. The Morgan fingerprint density at radius 2 is 2.24 bits per heavy atom. The zero-order valence-electron chi connectivity index (χ0n) is 10.2. The number of benzene rings is 1. The van der Waals surface area contributed by atoms with Crippen molar-refractivity contribution in [1.29, 1.82) is 0 Å². The van der Waals surface area contributed by atoms with Crippen molar-refractivity contribution in [1.82, 2.24) is 0 Å². The number of hydrogen-bond donors (Lipinski definition) is 1. The monoisotopic (exact) mass is 238 g/mol. The Morgan fingerprint density at radius 3 is 2.88 bits per heavy atom. The first kappa shape index (κ1) is 12.5. The second-order valence-electron chi connectivity index (χ2n) is 4.93. The minimum atomic E-state index is -1.11. The Balaban J connectivity index is 2.00. The van der Waals surface area contributed by atoms with Crippen molar-refractivity contribution in [3.05, 3.63) is 35.6 Å². The second-order valence-corrected chi connectivity index (χ2v) is 4.93. The van der Waals surface area contributed by atoms with Crippen molar-refractivity contribution in [3.63, 3.8) is 0 Å². The highest BCUT2D eigenvalue weighted by atomic mass is 19.1. The second kappa shape index (κ2) is 5.15. The summed E-state index contributed by atoms with van der Waals surface area (Å²) in [6.07, 6.45) is 3.67. The van der Waals surface area contributed by atoms with Gasteiger partial charge in [-0.25, -0.2) is 4.39 Å². The molecule has 0 amide bonds. The summed E-state index contributed by atoms with van der Waals surface area (Å²) in [6.45, 7) is 2.48. The quantitative estimate of drug-likeness (QED) is 0.873. The van der Waals surface area contributed by atoms with Gasteiger partial charge in [-0.2, -0.15) is 0 Å². The van der Waals surface area contributed by atoms with Gasteiger partial charge in [0.1, 0.15) is 5.82 Å². The molecule has 0 bridgehead atoms. The molecular weight excluding hydrogens is 219 g/mol. The van der Waals surface area contributed by atoms with Crippen LogP contribution in [0, 0.1) is 5.82 Å². The standard InChI is InChI=1S/C14H19FO2/c1-14(16,9-8-11-5-4-10-17-11)12-6-2-3-7-13(12)15/h2-3,6-7,11,16H,4-5,8-10H2,1H3. The average molecular weight is 238 g/mol. The lowest BCUT2D eigenvalue weighted by Gasteiger charge is -2.25. The fourth-order valence-corrected chi connectivity index (χ4v) is 2.35. The van der Waals surface area contributed by atoms with E-state index >= 15 is 0 Å². The number of hydrogen-bond acceptors (Lipinski definition) is 2. The van der Waals surface area contributed by atoms with Gasteiger partial charge in [0.2, 0.25) is 0 Å². The largest absolute Gasteiger partial charge is 0.385 e. The SMILES string of the molecule is CC(O)(CCC1CCCO1)c1ccccc1F. The summed E-state index contributed by atoms with van der Waals surface area (Å²) in [6, 6.07) is 6.41. The van der Waals surface area contributed by atoms with E-state index in [-0.39, 0.29) is 11.9 Å². The van der Waals surface area contributed by atoms with E-state index in [1.807, 2.05) is 0 Å². The molecule has 17 heavy (non-hydrogen) atoms. The molecule has 3 heteroatoms. The molecule has 1 N–H and O–H groups in total. The highest BCUT2D eigenvalue weighted by Gasteiger charge is 2.28. The van der Waals surface area contributed by atoms with Gasteiger partial charge < -0.3 is 9.84 Å². The molecule has 1 aromatic rings. The third kappa shape index (κ3) is 3.05. The normalized spacial score (nSPS) is 23.6. The van der Waals surface area contributed by atoms with Crippen molar-refractivity contribution in [2.75, 3.05) is 6.61 Å². The Kier molecular flexibility index (Phi) is 3.79. The number of rotatable bonds is 4. The maximum Gasteiger partial charge on any atom is 0.129 e. The van der Waals surface area contributed by atoms with Crippen LogP contribution in [-0.4, -0.2) is 17.8 Å². The first-order valence-corrected chi connectivity index (χ1v) is 6.18. The topological polar surface area (TPSA) is 29.5 Å². The van der Waals surface area contributed by atoms with Crippen LogP contribution in [0.25, 0.3) is 0 Å². The fourth-order valence-electron chi connectivity index (χ4n) is 2.35. The van der Waals surface area contributed by atoms with E-state index in [1.54, 1.807) is 25.1 Å². The summed E-state index contributed by atoms with van der Waals surface area (Å²) in [5.41, 5.74) is -0.741. The van der Waals surface area contributed by atoms with Crippen molar-refractivity contribution in [2.24, 2.45) is 0 Å². The lowest BCUT2D eigenvalue weighted by Crippen LogP contribution is -2.24. The van der Waals surface area contributed by atoms with E-state index in [1.165, 1.54) is 6.07 Å². The minimum absolute atomic E-state index is 0.230. The van der Waals surface area contributed by atoms with E-state index < -0.39 is 5.60 Å². The Labute approximate surface area is 101 Å². The van der Waals surface area contributed by atoms with Gasteiger partial charge in [0, 0.05) is 12.2 Å². The van der Waals surface area contributed by atoms with E-state index in [9.17, 15) is 9.50 Å². The predicted octanol–water partition coefficient (Wildman–Crippen LogP) is 2.99. The number of ether oxygens (including phenoxy) is 1. The molecule has 1 heterocycles. The van der Waals surface area contributed by atoms with Gasteiger partial charge in [0.25, 0.3) is 0 Å². The fraction of sp³-hybridized carbons (Fsp3) is 0.571. The summed E-state index contributed by atoms with van der Waals surface area (Å²) >= 11 is 0. The maximum absolute atomic E-state index is 13.6. The molecule has 0 aliphatic carbocycles. The molecule has 1 aliphatic rings. The average Bonchev–Trinajstić information content (AvgIpc) is 2.80. The molecule has 0 aromatic heterocycles. The van der Waals surface area contributed by atoms with Crippen molar-refractivity contribution in [2.45, 2.75) is 44.3 Å². The van der Waals surface area contributed by atoms with Crippen LogP contribution in [0.3, 0.4) is 0 Å². The number of aliphatic hydroxyl groups is 1. The maximum atomic E-state index is 13.6.